The van der Waals surface area contributed by atoms with Gasteiger partial charge in [-0.3, -0.25) is 5.32 Å². The Morgan fingerprint density at radius 1 is 1.33 bits per heavy atom. The maximum atomic E-state index is 12.2. The molecule has 1 aromatic carbocycles. The number of nitrogens with one attached hydrogen (secondary N) is 1. The van der Waals surface area contributed by atoms with Crippen LogP contribution in [-0.2, 0) is 9.53 Å². The summed E-state index contributed by atoms with van der Waals surface area (Å²) < 4.78 is 16.5. The second-order valence-electron chi connectivity index (χ2n) is 5.38. The second kappa shape index (κ2) is 6.35. The smallest absolute Gasteiger partial charge is 0.327 e. The topological polar surface area (TPSA) is 56.8 Å². The highest BCUT2D eigenvalue weighted by atomic mass is 16.5. The SMILES string of the molecule is CCOC(=O)C(NC1CC1)c1ccc2c(c1)OCCCO2. The Balaban J connectivity index is 1.83. The number of hydrogen-bond acceptors (Lipinski definition) is 5. The lowest BCUT2D eigenvalue weighted by molar-refractivity contribution is -0.145. The van der Waals surface area contributed by atoms with Crippen molar-refractivity contribution in [2.75, 3.05) is 19.8 Å². The van der Waals surface area contributed by atoms with E-state index in [1.807, 2.05) is 25.1 Å². The lowest BCUT2D eigenvalue weighted by atomic mass is 10.1. The zero-order valence-corrected chi connectivity index (χ0v) is 12.3. The van der Waals surface area contributed by atoms with Crippen molar-refractivity contribution in [2.45, 2.75) is 38.3 Å². The van der Waals surface area contributed by atoms with E-state index in [1.54, 1.807) is 0 Å². The number of rotatable bonds is 5. The van der Waals surface area contributed by atoms with Gasteiger partial charge in [0, 0.05) is 12.5 Å². The van der Waals surface area contributed by atoms with Crippen LogP contribution in [0.2, 0.25) is 0 Å². The zero-order valence-electron chi connectivity index (χ0n) is 12.3. The second-order valence-corrected chi connectivity index (χ2v) is 5.38. The summed E-state index contributed by atoms with van der Waals surface area (Å²) in [5.74, 6) is 1.21. The molecule has 21 heavy (non-hydrogen) atoms. The van der Waals surface area contributed by atoms with Crippen LogP contribution < -0.4 is 14.8 Å². The fraction of sp³-hybridized carbons (Fsp3) is 0.562. The van der Waals surface area contributed by atoms with Crippen LogP contribution >= 0.6 is 0 Å². The molecular weight excluding hydrogens is 270 g/mol. The molecule has 0 radical (unpaired) electrons. The third-order valence-electron chi connectivity index (χ3n) is 3.61. The van der Waals surface area contributed by atoms with Crippen LogP contribution in [0.4, 0.5) is 0 Å². The van der Waals surface area contributed by atoms with Crippen molar-refractivity contribution in [3.63, 3.8) is 0 Å². The Bertz CT molecular complexity index is 513. The molecule has 1 aliphatic heterocycles. The molecule has 0 spiro atoms. The monoisotopic (exact) mass is 291 g/mol. The molecule has 0 bridgehead atoms. The van der Waals surface area contributed by atoms with Gasteiger partial charge >= 0.3 is 5.97 Å². The molecule has 1 heterocycles. The van der Waals surface area contributed by atoms with E-state index in [0.717, 1.165) is 30.6 Å². The van der Waals surface area contributed by atoms with E-state index in [1.165, 1.54) is 0 Å². The molecule has 5 heteroatoms. The van der Waals surface area contributed by atoms with E-state index in [-0.39, 0.29) is 5.97 Å². The minimum Gasteiger partial charge on any atom is -0.490 e. The lowest BCUT2D eigenvalue weighted by Crippen LogP contribution is -2.31. The van der Waals surface area contributed by atoms with E-state index < -0.39 is 6.04 Å². The van der Waals surface area contributed by atoms with Crippen molar-refractivity contribution in [3.8, 4) is 11.5 Å². The van der Waals surface area contributed by atoms with Gasteiger partial charge in [0.2, 0.25) is 0 Å². The van der Waals surface area contributed by atoms with Crippen molar-refractivity contribution in [2.24, 2.45) is 0 Å². The third-order valence-corrected chi connectivity index (χ3v) is 3.61. The first-order valence-corrected chi connectivity index (χ1v) is 7.60. The van der Waals surface area contributed by atoms with E-state index in [0.29, 0.717) is 31.6 Å². The molecule has 1 unspecified atom stereocenters. The Kier molecular flexibility index (Phi) is 4.29. The fourth-order valence-corrected chi connectivity index (χ4v) is 2.37. The predicted molar refractivity (Wildman–Crippen MR) is 77.6 cm³/mol. The van der Waals surface area contributed by atoms with Crippen LogP contribution in [0.5, 0.6) is 11.5 Å². The Labute approximate surface area is 124 Å². The van der Waals surface area contributed by atoms with Crippen molar-refractivity contribution in [1.29, 1.82) is 0 Å². The van der Waals surface area contributed by atoms with Gasteiger partial charge in [-0.15, -0.1) is 0 Å². The van der Waals surface area contributed by atoms with Gasteiger partial charge in [0.05, 0.1) is 19.8 Å². The summed E-state index contributed by atoms with van der Waals surface area (Å²) in [7, 11) is 0. The molecule has 3 rings (SSSR count). The molecule has 1 atom stereocenters. The summed E-state index contributed by atoms with van der Waals surface area (Å²) in [6.45, 7) is 3.50. The molecule has 114 valence electrons. The number of esters is 1. The molecule has 0 saturated heterocycles. The van der Waals surface area contributed by atoms with Crippen LogP contribution in [0.1, 0.15) is 37.8 Å². The molecule has 5 nitrogen and oxygen atoms in total. The van der Waals surface area contributed by atoms with Gasteiger partial charge in [-0.25, -0.2) is 4.79 Å². The first-order valence-electron chi connectivity index (χ1n) is 7.60. The first kappa shape index (κ1) is 14.2. The van der Waals surface area contributed by atoms with Crippen LogP contribution in [-0.4, -0.2) is 31.8 Å². The first-order chi connectivity index (χ1) is 10.3. The third kappa shape index (κ3) is 3.47. The normalized spacial score (nSPS) is 18.7. The highest BCUT2D eigenvalue weighted by Crippen LogP contribution is 2.33. The molecule has 0 aromatic heterocycles. The number of carbonyl (C=O) groups is 1. The highest BCUT2D eigenvalue weighted by Gasteiger charge is 2.31. The Morgan fingerprint density at radius 2 is 2.10 bits per heavy atom. The summed E-state index contributed by atoms with van der Waals surface area (Å²) >= 11 is 0. The Hall–Kier alpha value is -1.75. The van der Waals surface area contributed by atoms with Gasteiger partial charge in [-0.1, -0.05) is 6.07 Å². The van der Waals surface area contributed by atoms with Gasteiger partial charge in [0.25, 0.3) is 0 Å². The summed E-state index contributed by atoms with van der Waals surface area (Å²) in [5, 5.41) is 3.34. The number of carbonyl (C=O) groups excluding carboxylic acids is 1. The van der Waals surface area contributed by atoms with Crippen LogP contribution in [0.3, 0.4) is 0 Å². The van der Waals surface area contributed by atoms with Gasteiger partial charge < -0.3 is 14.2 Å². The molecular formula is C16H21NO4. The van der Waals surface area contributed by atoms with Crippen molar-refractivity contribution < 1.29 is 19.0 Å². The highest BCUT2D eigenvalue weighted by molar-refractivity contribution is 5.78. The average Bonchev–Trinajstić information content (AvgIpc) is 3.31. The fourth-order valence-electron chi connectivity index (χ4n) is 2.37. The maximum absolute atomic E-state index is 12.2. The van der Waals surface area contributed by atoms with E-state index in [4.69, 9.17) is 14.2 Å². The Morgan fingerprint density at radius 3 is 2.81 bits per heavy atom. The summed E-state index contributed by atoms with van der Waals surface area (Å²) in [6, 6.07) is 5.64. The zero-order chi connectivity index (χ0) is 14.7. The summed E-state index contributed by atoms with van der Waals surface area (Å²) in [4.78, 5) is 12.2. The summed E-state index contributed by atoms with van der Waals surface area (Å²) in [6.07, 6.45) is 3.09. The minimum atomic E-state index is -0.436. The lowest BCUT2D eigenvalue weighted by Gasteiger charge is -2.18. The van der Waals surface area contributed by atoms with Gasteiger partial charge in [0.1, 0.15) is 6.04 Å². The average molecular weight is 291 g/mol. The van der Waals surface area contributed by atoms with Crippen molar-refractivity contribution >= 4 is 5.97 Å². The van der Waals surface area contributed by atoms with Gasteiger partial charge in [-0.2, -0.15) is 0 Å². The van der Waals surface area contributed by atoms with Gasteiger partial charge in [0.15, 0.2) is 11.5 Å². The number of benzene rings is 1. The maximum Gasteiger partial charge on any atom is 0.327 e. The predicted octanol–water partition coefficient (Wildman–Crippen LogP) is 2.20. The largest absolute Gasteiger partial charge is 0.490 e. The number of ether oxygens (including phenoxy) is 3. The minimum absolute atomic E-state index is 0.237. The molecule has 1 fully saturated rings. The van der Waals surface area contributed by atoms with Crippen molar-refractivity contribution in [1.82, 2.24) is 5.32 Å². The van der Waals surface area contributed by atoms with E-state index in [9.17, 15) is 4.79 Å². The standard InChI is InChI=1S/C16H21NO4/c1-2-19-16(18)15(17-12-5-6-12)11-4-7-13-14(10-11)21-9-3-8-20-13/h4,7,10,12,15,17H,2-3,5-6,8-9H2,1H3. The van der Waals surface area contributed by atoms with Crippen molar-refractivity contribution in [3.05, 3.63) is 23.8 Å². The molecule has 1 aliphatic carbocycles. The number of fused-ring (bicyclic) bond motifs is 1. The van der Waals surface area contributed by atoms with Crippen LogP contribution in [0.25, 0.3) is 0 Å². The molecule has 0 amide bonds. The quantitative estimate of drug-likeness (QED) is 0.843. The molecule has 1 aromatic rings. The van der Waals surface area contributed by atoms with E-state index >= 15 is 0 Å². The molecule has 1 saturated carbocycles. The van der Waals surface area contributed by atoms with Gasteiger partial charge in [-0.05, 0) is 37.5 Å². The van der Waals surface area contributed by atoms with Crippen LogP contribution in [0, 0.1) is 0 Å². The number of hydrogen-bond donors (Lipinski definition) is 1. The molecule has 2 aliphatic rings. The molecule has 1 N–H and O–H groups in total. The summed E-state index contributed by atoms with van der Waals surface area (Å²) in [5.41, 5.74) is 0.865. The van der Waals surface area contributed by atoms with E-state index in [2.05, 4.69) is 5.32 Å². The van der Waals surface area contributed by atoms with Crippen LogP contribution in [0.15, 0.2) is 18.2 Å².